The quantitative estimate of drug-likeness (QED) is 0.337. The number of nitrogens with one attached hydrogen (secondary N) is 1. The number of amides is 2. The standard InChI is InChI=1S/C25H25F3N8O3/c26-25(27,28)17-6-8-35(38)21(12-17)33-24(37)32-18-4-2-16(3-5-18)20-13-19(14-34-7-1-10-39-11-9-34)36-22(20)23(29)30-15-31-36/h2-6,8,12-13,15,38H,1,7,9-11,14H2,(H,32,37)(H2,29,30,31). The number of rotatable bonds is 4. The maximum atomic E-state index is 13.0. The summed E-state index contributed by atoms with van der Waals surface area (Å²) in [5, 5.41) is 16.6. The van der Waals surface area contributed by atoms with E-state index in [1.165, 1.54) is 6.33 Å². The van der Waals surface area contributed by atoms with Crippen LogP contribution in [-0.2, 0) is 17.5 Å². The number of halogens is 3. The molecule has 0 aliphatic carbocycles. The number of carbonyl (C=O) groups excluding carboxylic acids is 1. The highest BCUT2D eigenvalue weighted by Crippen LogP contribution is 2.32. The SMILES string of the molecule is Nc1ncnn2c(CN3CCCOCC3)cc(-c3ccc(NC(=O)N=c4cc(C(F)(F)F)ccn4O)cc3)c12. The molecule has 204 valence electrons. The molecule has 1 aliphatic heterocycles. The molecule has 11 nitrogen and oxygen atoms in total. The van der Waals surface area contributed by atoms with Crippen LogP contribution in [0.25, 0.3) is 16.6 Å². The molecule has 1 aliphatic rings. The van der Waals surface area contributed by atoms with Gasteiger partial charge in [0.2, 0.25) is 0 Å². The largest absolute Gasteiger partial charge is 0.427 e. The van der Waals surface area contributed by atoms with Gasteiger partial charge in [-0.05, 0) is 42.3 Å². The van der Waals surface area contributed by atoms with Gasteiger partial charge in [0.15, 0.2) is 11.3 Å². The molecule has 1 fully saturated rings. The molecule has 4 N–H and O–H groups in total. The van der Waals surface area contributed by atoms with Crippen LogP contribution in [0, 0.1) is 0 Å². The Morgan fingerprint density at radius 2 is 1.95 bits per heavy atom. The molecule has 1 saturated heterocycles. The number of ether oxygens (including phenoxy) is 1. The third-order valence-corrected chi connectivity index (χ3v) is 6.26. The first-order chi connectivity index (χ1) is 18.7. The van der Waals surface area contributed by atoms with E-state index in [-0.39, 0.29) is 0 Å². The van der Waals surface area contributed by atoms with Gasteiger partial charge in [0.05, 0.1) is 17.9 Å². The summed E-state index contributed by atoms with van der Waals surface area (Å²) in [6, 6.07) is 9.06. The van der Waals surface area contributed by atoms with Gasteiger partial charge in [-0.15, -0.1) is 0 Å². The van der Waals surface area contributed by atoms with Crippen molar-refractivity contribution in [2.75, 3.05) is 37.4 Å². The van der Waals surface area contributed by atoms with Gasteiger partial charge in [0.25, 0.3) is 0 Å². The minimum absolute atomic E-state index is 0.319. The molecule has 0 atom stereocenters. The van der Waals surface area contributed by atoms with Crippen molar-refractivity contribution >= 4 is 23.1 Å². The van der Waals surface area contributed by atoms with Gasteiger partial charge in [-0.2, -0.15) is 28.0 Å². The third-order valence-electron chi connectivity index (χ3n) is 6.26. The summed E-state index contributed by atoms with van der Waals surface area (Å²) < 4.78 is 46.5. The Balaban J connectivity index is 1.39. The lowest BCUT2D eigenvalue weighted by Gasteiger charge is -2.18. The summed E-state index contributed by atoms with van der Waals surface area (Å²) in [4.78, 5) is 22.3. The lowest BCUT2D eigenvalue weighted by molar-refractivity contribution is -0.137. The van der Waals surface area contributed by atoms with Crippen LogP contribution in [-0.4, -0.2) is 61.8 Å². The second kappa shape index (κ2) is 10.7. The van der Waals surface area contributed by atoms with Gasteiger partial charge in [0, 0.05) is 43.7 Å². The van der Waals surface area contributed by atoms with Crippen LogP contribution >= 0.6 is 0 Å². The fourth-order valence-corrected chi connectivity index (χ4v) is 4.38. The molecule has 5 rings (SSSR count). The first-order valence-corrected chi connectivity index (χ1v) is 12.1. The lowest BCUT2D eigenvalue weighted by Crippen LogP contribution is -2.26. The molecule has 1 aromatic carbocycles. The van der Waals surface area contributed by atoms with Crippen molar-refractivity contribution in [2.45, 2.75) is 19.1 Å². The van der Waals surface area contributed by atoms with Crippen LogP contribution in [0.2, 0.25) is 0 Å². The summed E-state index contributed by atoms with van der Waals surface area (Å²) in [6.07, 6.45) is -1.54. The number of urea groups is 1. The topological polar surface area (TPSA) is 135 Å². The molecule has 0 unspecified atom stereocenters. The van der Waals surface area contributed by atoms with E-state index in [2.05, 4.69) is 25.3 Å². The fourth-order valence-electron chi connectivity index (χ4n) is 4.38. The van der Waals surface area contributed by atoms with Crippen molar-refractivity contribution in [1.82, 2.24) is 24.2 Å². The molecule has 0 radical (unpaired) electrons. The molecule has 3 aromatic heterocycles. The summed E-state index contributed by atoms with van der Waals surface area (Å²) in [6.45, 7) is 3.76. The number of hydrogen-bond donors (Lipinski definition) is 3. The van der Waals surface area contributed by atoms with E-state index in [1.54, 1.807) is 28.8 Å². The van der Waals surface area contributed by atoms with E-state index in [4.69, 9.17) is 10.5 Å². The van der Waals surface area contributed by atoms with Gasteiger partial charge < -0.3 is 21.0 Å². The number of fused-ring (bicyclic) bond motifs is 1. The van der Waals surface area contributed by atoms with E-state index in [0.29, 0.717) is 47.0 Å². The first-order valence-electron chi connectivity index (χ1n) is 12.1. The second-order valence-electron chi connectivity index (χ2n) is 8.93. The smallest absolute Gasteiger partial charge is 0.416 e. The molecule has 0 bridgehead atoms. The van der Waals surface area contributed by atoms with Crippen molar-refractivity contribution in [2.24, 2.45) is 4.99 Å². The summed E-state index contributed by atoms with van der Waals surface area (Å²) in [5.74, 6) is 0.319. The average Bonchev–Trinajstić information content (AvgIpc) is 3.06. The highest BCUT2D eigenvalue weighted by molar-refractivity contribution is 5.92. The van der Waals surface area contributed by atoms with Crippen LogP contribution in [0.15, 0.2) is 60.0 Å². The highest BCUT2D eigenvalue weighted by Gasteiger charge is 2.30. The first kappa shape index (κ1) is 26.2. The monoisotopic (exact) mass is 542 g/mol. The number of alkyl halides is 3. The normalized spacial score (nSPS) is 15.4. The summed E-state index contributed by atoms with van der Waals surface area (Å²) >= 11 is 0. The number of hydrogen-bond acceptors (Lipinski definition) is 7. The van der Waals surface area contributed by atoms with Gasteiger partial charge >= 0.3 is 12.2 Å². The van der Waals surface area contributed by atoms with Gasteiger partial charge in [-0.3, -0.25) is 4.90 Å². The third kappa shape index (κ3) is 5.86. The van der Waals surface area contributed by atoms with Crippen LogP contribution in [0.3, 0.4) is 0 Å². The Hall–Kier alpha value is -4.43. The van der Waals surface area contributed by atoms with Crippen molar-refractivity contribution in [3.8, 4) is 11.1 Å². The number of aromatic nitrogens is 4. The Morgan fingerprint density at radius 1 is 1.15 bits per heavy atom. The zero-order chi connectivity index (χ0) is 27.6. The molecule has 0 saturated carbocycles. The van der Waals surface area contributed by atoms with Crippen molar-refractivity contribution in [1.29, 1.82) is 0 Å². The second-order valence-corrected chi connectivity index (χ2v) is 8.93. The highest BCUT2D eigenvalue weighted by atomic mass is 19.4. The number of benzene rings is 1. The summed E-state index contributed by atoms with van der Waals surface area (Å²) in [5.41, 5.74) is 8.14. The van der Waals surface area contributed by atoms with Crippen LogP contribution < -0.4 is 16.5 Å². The maximum absolute atomic E-state index is 13.0. The van der Waals surface area contributed by atoms with Crippen molar-refractivity contribution in [3.05, 3.63) is 71.7 Å². The van der Waals surface area contributed by atoms with E-state index in [0.717, 1.165) is 49.1 Å². The molecular formula is C25H25F3N8O3. The minimum atomic E-state index is -4.65. The molecule has 39 heavy (non-hydrogen) atoms. The van der Waals surface area contributed by atoms with Gasteiger partial charge in [-0.1, -0.05) is 12.1 Å². The number of nitrogens with two attached hydrogens (primary N) is 1. The molecule has 14 heteroatoms. The molecule has 4 heterocycles. The predicted octanol–water partition coefficient (Wildman–Crippen LogP) is 3.39. The molecule has 2 amide bonds. The summed E-state index contributed by atoms with van der Waals surface area (Å²) in [7, 11) is 0. The Morgan fingerprint density at radius 3 is 2.72 bits per heavy atom. The number of pyridine rings is 1. The minimum Gasteiger partial charge on any atom is -0.427 e. The van der Waals surface area contributed by atoms with E-state index in [1.807, 2.05) is 6.07 Å². The predicted molar refractivity (Wildman–Crippen MR) is 135 cm³/mol. The Kier molecular flexibility index (Phi) is 7.21. The van der Waals surface area contributed by atoms with Crippen molar-refractivity contribution in [3.63, 3.8) is 0 Å². The number of carbonyl (C=O) groups is 1. The molecule has 4 aromatic rings. The maximum Gasteiger partial charge on any atom is 0.416 e. The van der Waals surface area contributed by atoms with Crippen LogP contribution in [0.5, 0.6) is 0 Å². The molecule has 0 spiro atoms. The zero-order valence-corrected chi connectivity index (χ0v) is 20.6. The van der Waals surface area contributed by atoms with Crippen LogP contribution in [0.1, 0.15) is 17.7 Å². The zero-order valence-electron chi connectivity index (χ0n) is 20.6. The lowest BCUT2D eigenvalue weighted by atomic mass is 10.1. The van der Waals surface area contributed by atoms with Gasteiger partial charge in [-0.25, -0.2) is 14.3 Å². The average molecular weight is 543 g/mol. The van der Waals surface area contributed by atoms with Crippen LogP contribution in [0.4, 0.5) is 29.5 Å². The van der Waals surface area contributed by atoms with Crippen molar-refractivity contribution < 1.29 is 27.9 Å². The molecular weight excluding hydrogens is 517 g/mol. The number of nitrogen functional groups attached to an aromatic ring is 1. The number of nitrogens with zero attached hydrogens (tertiary/aromatic N) is 6. The fraction of sp³-hybridized carbons (Fsp3) is 0.280. The van der Waals surface area contributed by atoms with E-state index >= 15 is 0 Å². The Labute approximate surface area is 219 Å². The Bertz CT molecular complexity index is 1560. The van der Waals surface area contributed by atoms with Gasteiger partial charge in [0.1, 0.15) is 11.8 Å². The van der Waals surface area contributed by atoms with E-state index in [9.17, 15) is 23.2 Å². The number of anilines is 2. The van der Waals surface area contributed by atoms with E-state index < -0.39 is 23.3 Å².